The van der Waals surface area contributed by atoms with Gasteiger partial charge in [0.25, 0.3) is 0 Å². The second-order valence-corrected chi connectivity index (χ2v) is 7.20. The average molecular weight is 351 g/mol. The Morgan fingerprint density at radius 2 is 2.13 bits per heavy atom. The maximum Gasteiger partial charge on any atom is 0.306 e. The Morgan fingerprint density at radius 3 is 2.91 bits per heavy atom. The first kappa shape index (κ1) is 17.7. The van der Waals surface area contributed by atoms with Gasteiger partial charge in [0.15, 0.2) is 4.34 Å². The fourth-order valence-corrected chi connectivity index (χ4v) is 3.47. The number of carbonyl (C=O) groups excluding carboxylic acids is 1. The maximum absolute atomic E-state index is 11.5. The number of rotatable bonds is 10. The van der Waals surface area contributed by atoms with Crippen LogP contribution in [0.2, 0.25) is 0 Å². The molecule has 2 rings (SSSR count). The van der Waals surface area contributed by atoms with Crippen molar-refractivity contribution in [2.75, 3.05) is 17.7 Å². The standard InChI is InChI=1S/C16H21N3O2S2/c1-2-3-10-21-14(20)9-11-22-16-19-18-15(23-16)17-12-13-7-5-4-6-8-13/h4-8H,2-3,9-12H2,1H3,(H,17,18). The van der Waals surface area contributed by atoms with Gasteiger partial charge in [0.05, 0.1) is 13.0 Å². The van der Waals surface area contributed by atoms with Gasteiger partial charge in [0, 0.05) is 12.3 Å². The molecule has 0 atom stereocenters. The van der Waals surface area contributed by atoms with Crippen LogP contribution in [-0.2, 0) is 16.1 Å². The molecule has 2 aromatic rings. The van der Waals surface area contributed by atoms with Gasteiger partial charge in [-0.2, -0.15) is 0 Å². The molecule has 0 radical (unpaired) electrons. The molecule has 0 unspecified atom stereocenters. The van der Waals surface area contributed by atoms with Crippen LogP contribution in [0.15, 0.2) is 34.7 Å². The molecular weight excluding hydrogens is 330 g/mol. The average Bonchev–Trinajstić information content (AvgIpc) is 3.02. The van der Waals surface area contributed by atoms with Gasteiger partial charge in [0.2, 0.25) is 5.13 Å². The Bertz CT molecular complexity index is 590. The van der Waals surface area contributed by atoms with Crippen molar-refractivity contribution in [3.63, 3.8) is 0 Å². The quantitative estimate of drug-likeness (QED) is 0.397. The van der Waals surface area contributed by atoms with Gasteiger partial charge in [-0.15, -0.1) is 10.2 Å². The molecule has 0 aliphatic carbocycles. The van der Waals surface area contributed by atoms with Crippen molar-refractivity contribution in [3.8, 4) is 0 Å². The number of benzene rings is 1. The number of ether oxygens (including phenoxy) is 1. The molecule has 0 aliphatic heterocycles. The minimum Gasteiger partial charge on any atom is -0.466 e. The lowest BCUT2D eigenvalue weighted by Gasteiger charge is -2.02. The normalized spacial score (nSPS) is 10.5. The summed E-state index contributed by atoms with van der Waals surface area (Å²) in [5.74, 6) is 0.524. The Morgan fingerprint density at radius 1 is 1.30 bits per heavy atom. The SMILES string of the molecule is CCCCOC(=O)CCSc1nnc(NCc2ccccc2)s1. The summed E-state index contributed by atoms with van der Waals surface area (Å²) >= 11 is 3.04. The number of unbranched alkanes of at least 4 members (excludes halogenated alkanes) is 1. The summed E-state index contributed by atoms with van der Waals surface area (Å²) < 4.78 is 5.98. The highest BCUT2D eigenvalue weighted by atomic mass is 32.2. The number of anilines is 1. The molecule has 1 N–H and O–H groups in total. The van der Waals surface area contributed by atoms with Gasteiger partial charge < -0.3 is 10.1 Å². The largest absolute Gasteiger partial charge is 0.466 e. The van der Waals surface area contributed by atoms with Crippen molar-refractivity contribution >= 4 is 34.2 Å². The predicted molar refractivity (Wildman–Crippen MR) is 94.9 cm³/mol. The fraction of sp³-hybridized carbons (Fsp3) is 0.438. The van der Waals surface area contributed by atoms with Crippen LogP contribution in [0.25, 0.3) is 0 Å². The van der Waals surface area contributed by atoms with Crippen LogP contribution in [0.4, 0.5) is 5.13 Å². The Balaban J connectivity index is 1.65. The first-order valence-electron chi connectivity index (χ1n) is 7.67. The second kappa shape index (κ2) is 10.2. The molecule has 5 nitrogen and oxygen atoms in total. The number of thioether (sulfide) groups is 1. The van der Waals surface area contributed by atoms with Gasteiger partial charge in [-0.05, 0) is 12.0 Å². The molecule has 124 valence electrons. The van der Waals surface area contributed by atoms with Crippen molar-refractivity contribution < 1.29 is 9.53 Å². The van der Waals surface area contributed by atoms with Crippen molar-refractivity contribution in [1.29, 1.82) is 0 Å². The summed E-state index contributed by atoms with van der Waals surface area (Å²) in [5.41, 5.74) is 1.20. The smallest absolute Gasteiger partial charge is 0.306 e. The predicted octanol–water partition coefficient (Wildman–Crippen LogP) is 3.98. The van der Waals surface area contributed by atoms with Crippen LogP contribution in [0.3, 0.4) is 0 Å². The minimum absolute atomic E-state index is 0.141. The molecular formula is C16H21N3O2S2. The zero-order valence-corrected chi connectivity index (χ0v) is 14.8. The van der Waals surface area contributed by atoms with Crippen LogP contribution >= 0.6 is 23.1 Å². The van der Waals surface area contributed by atoms with Crippen molar-refractivity contribution in [1.82, 2.24) is 10.2 Å². The number of nitrogens with one attached hydrogen (secondary N) is 1. The molecule has 0 bridgehead atoms. The lowest BCUT2D eigenvalue weighted by atomic mass is 10.2. The van der Waals surface area contributed by atoms with E-state index in [0.29, 0.717) is 18.8 Å². The second-order valence-electron chi connectivity index (χ2n) is 4.88. The maximum atomic E-state index is 11.5. The Labute approximate surface area is 144 Å². The van der Waals surface area contributed by atoms with Gasteiger partial charge >= 0.3 is 5.97 Å². The topological polar surface area (TPSA) is 64.1 Å². The zero-order valence-electron chi connectivity index (χ0n) is 13.2. The summed E-state index contributed by atoms with van der Waals surface area (Å²) in [6, 6.07) is 10.1. The number of nitrogens with zero attached hydrogens (tertiary/aromatic N) is 2. The fourth-order valence-electron chi connectivity index (χ4n) is 1.74. The van der Waals surface area contributed by atoms with Crippen LogP contribution in [0, 0.1) is 0 Å². The van der Waals surface area contributed by atoms with E-state index in [1.807, 2.05) is 18.2 Å². The third-order valence-electron chi connectivity index (χ3n) is 2.99. The summed E-state index contributed by atoms with van der Waals surface area (Å²) in [4.78, 5) is 11.5. The number of hydrogen-bond donors (Lipinski definition) is 1. The first-order valence-corrected chi connectivity index (χ1v) is 9.48. The lowest BCUT2D eigenvalue weighted by molar-refractivity contribution is -0.143. The molecule has 23 heavy (non-hydrogen) atoms. The monoisotopic (exact) mass is 351 g/mol. The third kappa shape index (κ3) is 7.00. The van der Waals surface area contributed by atoms with Crippen LogP contribution < -0.4 is 5.32 Å². The first-order chi connectivity index (χ1) is 11.3. The lowest BCUT2D eigenvalue weighted by Crippen LogP contribution is -2.06. The van der Waals surface area contributed by atoms with E-state index in [4.69, 9.17) is 4.74 Å². The van der Waals surface area contributed by atoms with Gasteiger partial charge in [-0.1, -0.05) is 66.8 Å². The molecule has 0 fully saturated rings. The van der Waals surface area contributed by atoms with E-state index >= 15 is 0 Å². The number of carbonyl (C=O) groups is 1. The summed E-state index contributed by atoms with van der Waals surface area (Å²) in [5, 5.41) is 12.3. The molecule has 1 aromatic carbocycles. The van der Waals surface area contributed by atoms with E-state index in [1.165, 1.54) is 28.7 Å². The van der Waals surface area contributed by atoms with Crippen molar-refractivity contribution in [3.05, 3.63) is 35.9 Å². The van der Waals surface area contributed by atoms with Crippen molar-refractivity contribution in [2.24, 2.45) is 0 Å². The molecule has 0 spiro atoms. The van der Waals surface area contributed by atoms with Gasteiger partial charge in [0.1, 0.15) is 0 Å². The number of esters is 1. The number of aromatic nitrogens is 2. The number of hydrogen-bond acceptors (Lipinski definition) is 7. The molecule has 1 heterocycles. The Hall–Kier alpha value is -1.60. The van der Waals surface area contributed by atoms with Gasteiger partial charge in [-0.3, -0.25) is 4.79 Å². The van der Waals surface area contributed by atoms with E-state index in [1.54, 1.807) is 0 Å². The summed E-state index contributed by atoms with van der Waals surface area (Å²) in [6.07, 6.45) is 2.36. The van der Waals surface area contributed by atoms with E-state index in [2.05, 4.69) is 34.6 Å². The van der Waals surface area contributed by atoms with Gasteiger partial charge in [-0.25, -0.2) is 0 Å². The zero-order chi connectivity index (χ0) is 16.3. The highest BCUT2D eigenvalue weighted by Gasteiger charge is 2.07. The van der Waals surface area contributed by atoms with Crippen LogP contribution in [0.1, 0.15) is 31.7 Å². The van der Waals surface area contributed by atoms with Crippen molar-refractivity contribution in [2.45, 2.75) is 37.1 Å². The minimum atomic E-state index is -0.141. The highest BCUT2D eigenvalue weighted by Crippen LogP contribution is 2.26. The molecule has 0 saturated carbocycles. The molecule has 1 aromatic heterocycles. The highest BCUT2D eigenvalue weighted by molar-refractivity contribution is 8.01. The Kier molecular flexibility index (Phi) is 7.89. The molecule has 0 amide bonds. The van der Waals surface area contributed by atoms with E-state index < -0.39 is 0 Å². The third-order valence-corrected chi connectivity index (χ3v) is 5.00. The van der Waals surface area contributed by atoms with Crippen LogP contribution in [-0.4, -0.2) is 28.5 Å². The summed E-state index contributed by atoms with van der Waals surface area (Å²) in [6.45, 7) is 3.32. The molecule has 7 heteroatoms. The van der Waals surface area contributed by atoms with E-state index in [9.17, 15) is 4.79 Å². The van der Waals surface area contributed by atoms with E-state index in [-0.39, 0.29) is 5.97 Å². The molecule has 0 aliphatic rings. The van der Waals surface area contributed by atoms with E-state index in [0.717, 1.165) is 28.9 Å². The summed E-state index contributed by atoms with van der Waals surface area (Å²) in [7, 11) is 0. The molecule has 0 saturated heterocycles. The van der Waals surface area contributed by atoms with Crippen LogP contribution in [0.5, 0.6) is 0 Å².